The van der Waals surface area contributed by atoms with Crippen LogP contribution < -0.4 is 4.90 Å². The summed E-state index contributed by atoms with van der Waals surface area (Å²) in [7, 11) is -2.57. The van der Waals surface area contributed by atoms with Gasteiger partial charge in [0.05, 0.1) is 31.3 Å². The van der Waals surface area contributed by atoms with Gasteiger partial charge in [0, 0.05) is 23.5 Å². The number of amides is 2. The van der Waals surface area contributed by atoms with Crippen LogP contribution in [0.3, 0.4) is 0 Å². The highest BCUT2D eigenvalue weighted by molar-refractivity contribution is 6.71. The van der Waals surface area contributed by atoms with Crippen LogP contribution in [0, 0.1) is 5.92 Å². The van der Waals surface area contributed by atoms with Gasteiger partial charge in [-0.25, -0.2) is 0 Å². The summed E-state index contributed by atoms with van der Waals surface area (Å²) in [6.45, 7) is 6.70. The maximum absolute atomic E-state index is 13.1. The second-order valence-electron chi connectivity index (χ2n) is 11.0. The summed E-state index contributed by atoms with van der Waals surface area (Å²) >= 11 is 0. The molecule has 2 heterocycles. The summed E-state index contributed by atoms with van der Waals surface area (Å²) in [4.78, 5) is 39.3. The van der Waals surface area contributed by atoms with E-state index in [1.807, 2.05) is 67.7 Å². The molecule has 2 amide bonds. The minimum absolute atomic E-state index is 0.00525. The molecule has 2 aliphatic heterocycles. The van der Waals surface area contributed by atoms with Crippen molar-refractivity contribution in [2.75, 3.05) is 18.1 Å². The lowest BCUT2D eigenvalue weighted by atomic mass is 9.95. The van der Waals surface area contributed by atoms with E-state index in [-0.39, 0.29) is 48.6 Å². The molecule has 4 rings (SSSR count). The first-order valence-corrected chi connectivity index (χ1v) is 16.4. The minimum atomic E-state index is -2.57. The fourth-order valence-electron chi connectivity index (χ4n) is 6.24. The Morgan fingerprint density at radius 3 is 2.41 bits per heavy atom. The summed E-state index contributed by atoms with van der Waals surface area (Å²) in [5.74, 6) is 0.172. The lowest BCUT2D eigenvalue weighted by Gasteiger charge is -2.31. The zero-order valence-corrected chi connectivity index (χ0v) is 23.1. The number of aliphatic hydroxyl groups excluding tert-OH is 1. The Bertz CT molecular complexity index is 1040. The Hall–Kier alpha value is -2.52. The number of anilines is 2. The maximum atomic E-state index is 13.1. The fraction of sp³-hybridized carbons (Fsp3) is 0.517. The van der Waals surface area contributed by atoms with Gasteiger partial charge in [0.2, 0.25) is 12.3 Å². The van der Waals surface area contributed by atoms with Crippen molar-refractivity contribution in [3.63, 3.8) is 0 Å². The second kappa shape index (κ2) is 11.9. The van der Waals surface area contributed by atoms with Gasteiger partial charge in [-0.15, -0.1) is 0 Å². The Morgan fingerprint density at radius 2 is 1.78 bits per heavy atom. The molecule has 8 heteroatoms. The van der Waals surface area contributed by atoms with Gasteiger partial charge in [0.1, 0.15) is 0 Å². The van der Waals surface area contributed by atoms with Gasteiger partial charge >= 0.3 is 0 Å². The molecule has 2 aliphatic rings. The van der Waals surface area contributed by atoms with Crippen molar-refractivity contribution in [1.29, 1.82) is 0 Å². The quantitative estimate of drug-likeness (QED) is 0.358. The van der Waals surface area contributed by atoms with Crippen molar-refractivity contribution >= 4 is 32.0 Å². The minimum Gasteiger partial charge on any atom is -0.432 e. The fourth-order valence-corrected chi connectivity index (χ4v) is 8.85. The number of ether oxygens (including phenoxy) is 1. The molecule has 2 aromatic rings. The van der Waals surface area contributed by atoms with E-state index < -0.39 is 8.32 Å². The van der Waals surface area contributed by atoms with Crippen LogP contribution >= 0.6 is 0 Å². The van der Waals surface area contributed by atoms with Gasteiger partial charge in [0.25, 0.3) is 0 Å². The van der Waals surface area contributed by atoms with Crippen molar-refractivity contribution < 1.29 is 24.2 Å². The van der Waals surface area contributed by atoms with Crippen LogP contribution in [0.4, 0.5) is 11.4 Å². The highest BCUT2D eigenvalue weighted by Gasteiger charge is 2.50. The maximum Gasteiger partial charge on any atom is 0.225 e. The Labute approximate surface area is 221 Å². The van der Waals surface area contributed by atoms with Crippen molar-refractivity contribution in [2.45, 2.75) is 75.9 Å². The van der Waals surface area contributed by atoms with E-state index in [0.29, 0.717) is 6.54 Å². The van der Waals surface area contributed by atoms with Crippen LogP contribution in [0.15, 0.2) is 54.6 Å². The van der Waals surface area contributed by atoms with Crippen LogP contribution in [0.2, 0.25) is 18.6 Å². The lowest BCUT2D eigenvalue weighted by Crippen LogP contribution is -2.43. The van der Waals surface area contributed by atoms with E-state index in [1.54, 1.807) is 9.80 Å². The molecule has 0 radical (unpaired) electrons. The number of hydrogen-bond acceptors (Lipinski definition) is 5. The van der Waals surface area contributed by atoms with Crippen molar-refractivity contribution in [1.82, 2.24) is 4.90 Å². The van der Waals surface area contributed by atoms with E-state index in [9.17, 15) is 19.5 Å². The van der Waals surface area contributed by atoms with E-state index >= 15 is 0 Å². The predicted octanol–water partition coefficient (Wildman–Crippen LogP) is 4.26. The molecular weight excluding hydrogens is 484 g/mol. The molecular formula is C29H40N2O5Si. The predicted molar refractivity (Wildman–Crippen MR) is 147 cm³/mol. The number of carbonyl (C=O) groups is 2. The normalized spacial score (nSPS) is 25.9. The molecule has 0 unspecified atom stereocenters. The van der Waals surface area contributed by atoms with Gasteiger partial charge in [-0.2, -0.15) is 0 Å². The van der Waals surface area contributed by atoms with Crippen molar-refractivity contribution in [3.05, 3.63) is 60.2 Å². The largest absolute Gasteiger partial charge is 0.432 e. The molecule has 7 nitrogen and oxygen atoms in total. The molecule has 0 aromatic heterocycles. The number of rotatable bonds is 10. The molecule has 0 bridgehead atoms. The summed E-state index contributed by atoms with van der Waals surface area (Å²) in [5, 5.41) is 9.63. The number of carbonyl (C=O) groups excluding carboxylic acids is 2. The SMILES string of the molecule is C[C@H]1[C@H]([Si](C)(C)O)[C@@H](CC(=O)N2CCC[C@H]2CO)O[C@H]1CCc1ccc(N(C=O)c2ccccc2)cc1. The zero-order chi connectivity index (χ0) is 26.6. The number of para-hydroxylation sites is 1. The number of likely N-dealkylation sites (tertiary alicyclic amines) is 1. The van der Waals surface area contributed by atoms with Crippen LogP contribution in [0.1, 0.15) is 38.2 Å². The number of hydrogen-bond donors (Lipinski definition) is 2. The van der Waals surface area contributed by atoms with E-state index in [1.165, 1.54) is 0 Å². The lowest BCUT2D eigenvalue weighted by molar-refractivity contribution is -0.135. The summed E-state index contributed by atoms with van der Waals surface area (Å²) < 4.78 is 6.48. The molecule has 0 saturated carbocycles. The molecule has 2 saturated heterocycles. The van der Waals surface area contributed by atoms with E-state index in [0.717, 1.165) is 49.0 Å². The first-order valence-electron chi connectivity index (χ1n) is 13.4. The van der Waals surface area contributed by atoms with E-state index in [4.69, 9.17) is 4.74 Å². The smallest absolute Gasteiger partial charge is 0.225 e. The molecule has 2 aromatic carbocycles. The molecule has 2 N–H and O–H groups in total. The summed E-state index contributed by atoms with van der Waals surface area (Å²) in [5.41, 5.74) is 2.76. The Kier molecular flexibility index (Phi) is 8.85. The molecule has 200 valence electrons. The third-order valence-corrected chi connectivity index (χ3v) is 10.6. The number of aliphatic hydroxyl groups is 1. The van der Waals surface area contributed by atoms with Crippen LogP contribution in [0.5, 0.6) is 0 Å². The number of benzene rings is 2. The van der Waals surface area contributed by atoms with Gasteiger partial charge in [-0.3, -0.25) is 14.5 Å². The molecule has 37 heavy (non-hydrogen) atoms. The van der Waals surface area contributed by atoms with Crippen molar-refractivity contribution in [2.24, 2.45) is 5.92 Å². The highest BCUT2D eigenvalue weighted by Crippen LogP contribution is 2.46. The van der Waals surface area contributed by atoms with E-state index in [2.05, 4.69) is 6.92 Å². The topological polar surface area (TPSA) is 90.3 Å². The van der Waals surface area contributed by atoms with Gasteiger partial charge < -0.3 is 19.5 Å². The third kappa shape index (κ3) is 6.31. The van der Waals surface area contributed by atoms with Gasteiger partial charge in [0.15, 0.2) is 8.32 Å². The van der Waals surface area contributed by atoms with Crippen molar-refractivity contribution in [3.8, 4) is 0 Å². The van der Waals surface area contributed by atoms with Crippen LogP contribution in [-0.4, -0.2) is 66.8 Å². The standard InChI is InChI=1S/C29H40N2O5Si/c1-21-26(16-13-22-11-14-24(15-12-22)31(20-33)23-8-5-4-6-9-23)36-27(29(21)37(2,3)35)18-28(34)30-17-7-10-25(30)19-32/h4-6,8-9,11-12,14-15,20-21,25-27,29,32,35H,7,10,13,16-19H2,1-3H3/t21-,25+,26+,27-,29+/m1/s1. The molecule has 5 atom stereocenters. The Balaban J connectivity index is 1.40. The second-order valence-corrected chi connectivity index (χ2v) is 15.0. The summed E-state index contributed by atoms with van der Waals surface area (Å²) in [6.07, 6.45) is 4.11. The third-order valence-electron chi connectivity index (χ3n) is 8.07. The zero-order valence-electron chi connectivity index (χ0n) is 22.1. The Morgan fingerprint density at radius 1 is 1.11 bits per heavy atom. The van der Waals surface area contributed by atoms with Crippen LogP contribution in [-0.2, 0) is 20.7 Å². The van der Waals surface area contributed by atoms with Crippen LogP contribution in [0.25, 0.3) is 0 Å². The number of aryl methyl sites for hydroxylation is 1. The monoisotopic (exact) mass is 524 g/mol. The first kappa shape index (κ1) is 27.5. The average molecular weight is 525 g/mol. The summed E-state index contributed by atoms with van der Waals surface area (Å²) in [6, 6.07) is 17.4. The molecule has 0 aliphatic carbocycles. The average Bonchev–Trinajstić information content (AvgIpc) is 3.48. The highest BCUT2D eigenvalue weighted by atomic mass is 28.4. The molecule has 2 fully saturated rings. The number of nitrogens with zero attached hydrogens (tertiary/aromatic N) is 2. The van der Waals surface area contributed by atoms with Gasteiger partial charge in [-0.1, -0.05) is 37.3 Å². The molecule has 0 spiro atoms. The van der Waals surface area contributed by atoms with Gasteiger partial charge in [-0.05, 0) is 74.5 Å². The first-order chi connectivity index (χ1) is 17.7.